The molecule has 8 fully saturated rings. The van der Waals surface area contributed by atoms with E-state index in [1.165, 1.54) is 188 Å². The van der Waals surface area contributed by atoms with Crippen LogP contribution in [0.2, 0.25) is 0 Å². The highest BCUT2D eigenvalue weighted by Gasteiger charge is 2.25. The number of rotatable bonds is 10. The zero-order chi connectivity index (χ0) is 58.6. The van der Waals surface area contributed by atoms with Crippen LogP contribution < -0.4 is 5.32 Å². The van der Waals surface area contributed by atoms with Crippen LogP contribution in [0, 0.1) is 94.7 Å². The van der Waals surface area contributed by atoms with E-state index in [-0.39, 0.29) is 0 Å². The molecule has 1 N–H and O–H groups in total. The quantitative estimate of drug-likeness (QED) is 0.234. The molecule has 0 radical (unpaired) electrons. The van der Waals surface area contributed by atoms with E-state index >= 15 is 0 Å². The molecule has 7 heterocycles. The van der Waals surface area contributed by atoms with Gasteiger partial charge < -0.3 is 34.4 Å². The van der Waals surface area contributed by atoms with E-state index in [1.807, 2.05) is 0 Å². The fourth-order valence-corrected chi connectivity index (χ4v) is 13.2. The molecule has 1 saturated carbocycles. The van der Waals surface area contributed by atoms with Crippen molar-refractivity contribution in [2.75, 3.05) is 113 Å². The maximum atomic E-state index is 5.25. The van der Waals surface area contributed by atoms with Crippen LogP contribution in [0.15, 0.2) is 0 Å². The van der Waals surface area contributed by atoms with Crippen LogP contribution in [0.25, 0.3) is 0 Å². The molecule has 7 saturated heterocycles. The maximum absolute atomic E-state index is 5.25. The van der Waals surface area contributed by atoms with Crippen LogP contribution in [0.3, 0.4) is 0 Å². The highest BCUT2D eigenvalue weighted by atomic mass is 16.5. The van der Waals surface area contributed by atoms with Gasteiger partial charge in [-0.25, -0.2) is 0 Å². The predicted octanol–water partition coefficient (Wildman–Crippen LogP) is 17.7. The topological polar surface area (TPSA) is 43.5 Å². The number of hydrogen-bond acceptors (Lipinski definition) is 7. The van der Waals surface area contributed by atoms with Crippen LogP contribution in [-0.2, 0) is 9.47 Å². The van der Waals surface area contributed by atoms with Crippen molar-refractivity contribution in [3.63, 3.8) is 0 Å². The van der Waals surface area contributed by atoms with Crippen molar-refractivity contribution < 1.29 is 9.47 Å². The van der Waals surface area contributed by atoms with Crippen molar-refractivity contribution in [1.29, 1.82) is 0 Å². The van der Waals surface area contributed by atoms with Gasteiger partial charge in [0.05, 0.1) is 0 Å². The molecule has 1 aliphatic carbocycles. The summed E-state index contributed by atoms with van der Waals surface area (Å²) in [6, 6.07) is 0.748. The van der Waals surface area contributed by atoms with Gasteiger partial charge in [0, 0.05) is 39.0 Å². The first kappa shape index (κ1) is 75.7. The zero-order valence-electron chi connectivity index (χ0n) is 57.3. The van der Waals surface area contributed by atoms with E-state index < -0.39 is 0 Å². The first-order valence-electron chi connectivity index (χ1n) is 34.7. The summed E-state index contributed by atoms with van der Waals surface area (Å²) in [4.78, 5) is 10.0. The van der Waals surface area contributed by atoms with E-state index in [4.69, 9.17) is 9.47 Å². The Balaban J connectivity index is 0.000000447. The lowest BCUT2D eigenvalue weighted by Crippen LogP contribution is -2.39. The van der Waals surface area contributed by atoms with E-state index in [0.29, 0.717) is 0 Å². The predicted molar refractivity (Wildman–Crippen MR) is 348 cm³/mol. The normalized spacial score (nSPS) is 25.2. The van der Waals surface area contributed by atoms with Crippen LogP contribution in [0.4, 0.5) is 0 Å². The lowest BCUT2D eigenvalue weighted by molar-refractivity contribution is 0.0523. The van der Waals surface area contributed by atoms with Gasteiger partial charge in [-0.05, 0) is 272 Å². The molecule has 0 aromatic rings. The van der Waals surface area contributed by atoms with Crippen molar-refractivity contribution in [3.05, 3.63) is 0 Å². The van der Waals surface area contributed by atoms with Crippen LogP contribution in [-0.4, -0.2) is 138 Å². The third kappa shape index (κ3) is 35.8. The van der Waals surface area contributed by atoms with E-state index in [1.54, 1.807) is 0 Å². The Morgan fingerprint density at radius 1 is 0.359 bits per heavy atom. The number of hydrogen-bond donors (Lipinski definition) is 1. The molecule has 8 aliphatic rings. The number of piperidine rings is 5. The second kappa shape index (κ2) is 45.1. The summed E-state index contributed by atoms with van der Waals surface area (Å²) in [6.07, 6.45) is 25.4. The minimum absolute atomic E-state index is 0.748. The highest BCUT2D eigenvalue weighted by molar-refractivity contribution is 4.78. The molecule has 0 bridgehead atoms. The van der Waals surface area contributed by atoms with Gasteiger partial charge in [0.15, 0.2) is 0 Å². The smallest absolute Gasteiger partial charge is 0.0497 e. The lowest BCUT2D eigenvalue weighted by atomic mass is 9.82. The molecule has 7 nitrogen and oxygen atoms in total. The molecular weight excluding hydrogens is 955 g/mol. The SMILES string of the molecule is CC(C)C1CCCCC1.CC(C)C1CCCN(C)C1.CC(C)C1CCCNC1.CC(C)C1CCN(C(C)C)CC1.CC(C)C1CCN(C)CC1.CC(C)C1CCOC1.CC(C)C1CCOCC1.CCN1CCC(C(C)C)CC1. The van der Waals surface area contributed by atoms with Gasteiger partial charge in [-0.15, -0.1) is 0 Å². The Hall–Kier alpha value is -0.280. The first-order valence-corrected chi connectivity index (χ1v) is 34.7. The fourth-order valence-electron chi connectivity index (χ4n) is 13.2. The molecule has 78 heavy (non-hydrogen) atoms. The zero-order valence-corrected chi connectivity index (χ0v) is 57.3. The molecule has 0 aromatic heterocycles. The Morgan fingerprint density at radius 2 is 0.744 bits per heavy atom. The largest absolute Gasteiger partial charge is 0.381 e. The summed E-state index contributed by atoms with van der Waals surface area (Å²) < 4.78 is 10.5. The lowest BCUT2D eigenvalue weighted by Gasteiger charge is -2.36. The molecule has 468 valence electrons. The number of nitrogens with zero attached hydrogens (tertiary/aromatic N) is 4. The molecular formula is C71H147N5O2. The van der Waals surface area contributed by atoms with Crippen molar-refractivity contribution in [2.45, 2.75) is 253 Å². The van der Waals surface area contributed by atoms with Gasteiger partial charge in [-0.3, -0.25) is 0 Å². The Morgan fingerprint density at radius 3 is 1.06 bits per heavy atom. The van der Waals surface area contributed by atoms with Crippen molar-refractivity contribution >= 4 is 0 Å². The molecule has 7 heteroatoms. The van der Waals surface area contributed by atoms with Crippen molar-refractivity contribution in [3.8, 4) is 0 Å². The van der Waals surface area contributed by atoms with Gasteiger partial charge in [-0.1, -0.05) is 150 Å². The maximum Gasteiger partial charge on any atom is 0.0497 e. The third-order valence-corrected chi connectivity index (χ3v) is 20.6. The highest BCUT2D eigenvalue weighted by Crippen LogP contribution is 2.30. The van der Waals surface area contributed by atoms with Crippen molar-refractivity contribution in [1.82, 2.24) is 24.9 Å². The molecule has 3 atom stereocenters. The molecule has 8 rings (SSSR count). The Bertz CT molecular complexity index is 1220. The van der Waals surface area contributed by atoms with E-state index in [9.17, 15) is 0 Å². The van der Waals surface area contributed by atoms with Crippen LogP contribution in [0.5, 0.6) is 0 Å². The van der Waals surface area contributed by atoms with E-state index in [0.717, 1.165) is 127 Å². The van der Waals surface area contributed by atoms with Gasteiger partial charge in [0.25, 0.3) is 0 Å². The van der Waals surface area contributed by atoms with Crippen LogP contribution in [0.1, 0.15) is 247 Å². The molecule has 7 aliphatic heterocycles. The molecule has 0 amide bonds. The minimum atomic E-state index is 0.748. The van der Waals surface area contributed by atoms with Gasteiger partial charge in [0.1, 0.15) is 0 Å². The van der Waals surface area contributed by atoms with E-state index in [2.05, 4.69) is 171 Å². The van der Waals surface area contributed by atoms with Crippen molar-refractivity contribution in [2.24, 2.45) is 94.7 Å². The van der Waals surface area contributed by atoms with Gasteiger partial charge >= 0.3 is 0 Å². The molecule has 0 spiro atoms. The average Bonchev–Trinajstić information content (AvgIpc) is 3.99. The Labute approximate surface area is 492 Å². The van der Waals surface area contributed by atoms with Gasteiger partial charge in [0.2, 0.25) is 0 Å². The molecule has 3 unspecified atom stereocenters. The third-order valence-electron chi connectivity index (χ3n) is 20.6. The number of nitrogens with one attached hydrogen (secondary N) is 1. The second-order valence-electron chi connectivity index (χ2n) is 29.6. The molecule has 0 aromatic carbocycles. The summed E-state index contributed by atoms with van der Waals surface area (Å²) >= 11 is 0. The number of likely N-dealkylation sites (tertiary alicyclic amines) is 4. The second-order valence-corrected chi connectivity index (χ2v) is 29.6. The average molecular weight is 1100 g/mol. The summed E-state index contributed by atoms with van der Waals surface area (Å²) in [5.74, 6) is 14.7. The first-order chi connectivity index (χ1) is 37.0. The summed E-state index contributed by atoms with van der Waals surface area (Å²) in [6.45, 7) is 62.4. The monoisotopic (exact) mass is 1100 g/mol. The van der Waals surface area contributed by atoms with Gasteiger partial charge in [-0.2, -0.15) is 0 Å². The minimum Gasteiger partial charge on any atom is -0.381 e. The Kier molecular flexibility index (Phi) is 43.8. The summed E-state index contributed by atoms with van der Waals surface area (Å²) in [7, 11) is 4.45. The standard InChI is InChI=1S/C11H23N.C10H21N.2C9H19N.C9H18.C8H17N.C8H16O.C7H14O/c1-9(2)11-5-7-12(8-6-11)10(3)4;1-4-11-7-5-10(6-8-11)9(2)3;1-8(2)9-4-6-10(3)7-5-9;1-8(2)9-5-4-6-10(3)7-9;1-8(2)9-6-4-3-5-7-9;1-7(2)8-4-3-5-9-6-8;1-7(2)8-3-5-9-6-4-8;1-6(2)7-3-4-8-5-7/h9-11H,5-8H2,1-4H3;9-10H,4-8H2,1-3H3;2*8-9H,4-7H2,1-3H3;8-9H,3-7H2,1-2H3;7-9H,3-6H2,1-2H3;7-8H,3-6H2,1-2H3;6-7H,3-5H2,1-2H3. The fraction of sp³-hybridized carbons (Fsp3) is 1.00. The van der Waals surface area contributed by atoms with Crippen LogP contribution >= 0.6 is 0 Å². The summed E-state index contributed by atoms with van der Waals surface area (Å²) in [5.41, 5.74) is 0. The summed E-state index contributed by atoms with van der Waals surface area (Å²) in [5, 5.41) is 3.42. The number of ether oxygens (including phenoxy) is 2.